The van der Waals surface area contributed by atoms with Crippen LogP contribution < -0.4 is 4.74 Å². The van der Waals surface area contributed by atoms with Crippen LogP contribution in [0.2, 0.25) is 0 Å². The molecule has 10 heteroatoms. The van der Waals surface area contributed by atoms with Crippen LogP contribution in [0.5, 0.6) is 5.75 Å². The summed E-state index contributed by atoms with van der Waals surface area (Å²) in [6.45, 7) is 4.61. The van der Waals surface area contributed by atoms with E-state index in [1.54, 1.807) is 14.5 Å². The molecule has 10 nitrogen and oxygen atoms in total. The van der Waals surface area contributed by atoms with Crippen LogP contribution >= 0.6 is 0 Å². The number of fused-ring (bicyclic) bond motifs is 3. The third-order valence-corrected chi connectivity index (χ3v) is 8.57. The number of likely N-dealkylation sites (tertiary alicyclic amines) is 1. The first-order valence-electron chi connectivity index (χ1n) is 13.7. The molecule has 6 rings (SSSR count). The second-order valence-electron chi connectivity index (χ2n) is 11.0. The predicted octanol–water partition coefficient (Wildman–Crippen LogP) is 1.20. The Morgan fingerprint density at radius 2 is 1.66 bits per heavy atom. The standard InChI is InChI=1S/C28H35N5O5/c1-18-4-2-3-5-23(18)38-20-6-8-30(9-7-20)24(35)16-33-22-15-19-14-21(19)26(22)27(29-33)28(37)32-12-10-31(11-13-32)25(36)17-34/h2-5,19-21,34H,6-17H2,1H3/t19-,21-/m1/s1. The van der Waals surface area contributed by atoms with Crippen molar-refractivity contribution in [2.24, 2.45) is 5.92 Å². The quantitative estimate of drug-likeness (QED) is 0.612. The fraction of sp³-hybridized carbons (Fsp3) is 0.571. The maximum absolute atomic E-state index is 13.5. The first kappa shape index (κ1) is 24.9. The smallest absolute Gasteiger partial charge is 0.274 e. The van der Waals surface area contributed by atoms with E-state index in [2.05, 4.69) is 0 Å². The van der Waals surface area contributed by atoms with Crippen LogP contribution in [0.15, 0.2) is 24.3 Å². The molecule has 3 fully saturated rings. The van der Waals surface area contributed by atoms with E-state index in [0.717, 1.165) is 48.3 Å². The molecule has 2 atom stereocenters. The highest BCUT2D eigenvalue weighted by Crippen LogP contribution is 2.57. The van der Waals surface area contributed by atoms with E-state index in [4.69, 9.17) is 14.9 Å². The van der Waals surface area contributed by atoms with Crippen LogP contribution in [0.1, 0.15) is 52.5 Å². The molecule has 2 aliphatic heterocycles. The van der Waals surface area contributed by atoms with E-state index in [1.807, 2.05) is 36.1 Å². The van der Waals surface area contributed by atoms with Crippen LogP contribution in [0.3, 0.4) is 0 Å². The lowest BCUT2D eigenvalue weighted by Crippen LogP contribution is -2.51. The number of carbonyl (C=O) groups excluding carboxylic acids is 3. The SMILES string of the molecule is Cc1ccccc1OC1CCN(C(=O)Cn2nc(C(=O)N3CCN(C(=O)CO)CC3)c3c2C[C@H]2C[C@@H]32)CC1. The van der Waals surface area contributed by atoms with Gasteiger partial charge in [-0.1, -0.05) is 18.2 Å². The highest BCUT2D eigenvalue weighted by Gasteiger charge is 2.50. The largest absolute Gasteiger partial charge is 0.490 e. The zero-order valence-corrected chi connectivity index (χ0v) is 21.8. The van der Waals surface area contributed by atoms with Gasteiger partial charge in [-0.05, 0) is 43.2 Å². The van der Waals surface area contributed by atoms with Crippen molar-refractivity contribution in [1.29, 1.82) is 0 Å². The van der Waals surface area contributed by atoms with Crippen molar-refractivity contribution >= 4 is 17.7 Å². The van der Waals surface area contributed by atoms with Gasteiger partial charge in [0.2, 0.25) is 11.8 Å². The van der Waals surface area contributed by atoms with Gasteiger partial charge in [0.1, 0.15) is 25.0 Å². The first-order chi connectivity index (χ1) is 18.4. The number of hydrogen-bond donors (Lipinski definition) is 1. The summed E-state index contributed by atoms with van der Waals surface area (Å²) in [5, 5.41) is 13.8. The molecule has 0 bridgehead atoms. The lowest BCUT2D eigenvalue weighted by atomic mass is 10.1. The summed E-state index contributed by atoms with van der Waals surface area (Å²) in [6, 6.07) is 8.00. The minimum absolute atomic E-state index is 0.0281. The number of nitrogens with zero attached hydrogens (tertiary/aromatic N) is 5. The van der Waals surface area contributed by atoms with Crippen molar-refractivity contribution in [1.82, 2.24) is 24.5 Å². The molecule has 2 aromatic rings. The molecule has 3 heterocycles. The molecule has 38 heavy (non-hydrogen) atoms. The van der Waals surface area contributed by atoms with E-state index < -0.39 is 6.61 Å². The Morgan fingerprint density at radius 1 is 0.974 bits per heavy atom. The number of benzene rings is 1. The number of piperidine rings is 1. The molecule has 202 valence electrons. The molecule has 4 aliphatic rings. The number of aliphatic hydroxyl groups excluding tert-OH is 1. The summed E-state index contributed by atoms with van der Waals surface area (Å²) < 4.78 is 7.97. The molecule has 1 N–H and O–H groups in total. The fourth-order valence-electron chi connectivity index (χ4n) is 6.21. The number of aryl methyl sites for hydroxylation is 1. The third-order valence-electron chi connectivity index (χ3n) is 8.57. The Labute approximate surface area is 222 Å². The zero-order chi connectivity index (χ0) is 26.4. The summed E-state index contributed by atoms with van der Waals surface area (Å²) in [6.07, 6.45) is 3.63. The average Bonchev–Trinajstić information content (AvgIpc) is 3.47. The zero-order valence-electron chi connectivity index (χ0n) is 21.8. The number of amides is 3. The summed E-state index contributed by atoms with van der Waals surface area (Å²) in [5.41, 5.74) is 3.66. The normalized spacial score (nSPS) is 22.7. The minimum atomic E-state index is -0.514. The van der Waals surface area contributed by atoms with E-state index in [0.29, 0.717) is 56.8 Å². The molecule has 0 spiro atoms. The molecular formula is C28H35N5O5. The number of carbonyl (C=O) groups is 3. The van der Waals surface area contributed by atoms with Crippen molar-refractivity contribution in [3.8, 4) is 5.75 Å². The van der Waals surface area contributed by atoms with E-state index in [1.165, 1.54) is 0 Å². The number of piperazine rings is 1. The predicted molar refractivity (Wildman–Crippen MR) is 138 cm³/mol. The van der Waals surface area contributed by atoms with E-state index in [-0.39, 0.29) is 30.4 Å². The number of para-hydroxylation sites is 1. The van der Waals surface area contributed by atoms with Crippen LogP contribution in [0.25, 0.3) is 0 Å². The summed E-state index contributed by atoms with van der Waals surface area (Å²) in [7, 11) is 0. The first-order valence-corrected chi connectivity index (χ1v) is 13.7. The Balaban J connectivity index is 1.09. The summed E-state index contributed by atoms with van der Waals surface area (Å²) in [4.78, 5) is 43.7. The van der Waals surface area contributed by atoms with Gasteiger partial charge in [-0.3, -0.25) is 19.1 Å². The molecule has 2 saturated heterocycles. The lowest BCUT2D eigenvalue weighted by Gasteiger charge is -2.34. The van der Waals surface area contributed by atoms with E-state index >= 15 is 0 Å². The molecule has 0 radical (unpaired) electrons. The van der Waals surface area contributed by atoms with Gasteiger partial charge < -0.3 is 24.5 Å². The van der Waals surface area contributed by atoms with Crippen molar-refractivity contribution in [3.63, 3.8) is 0 Å². The molecule has 1 aromatic carbocycles. The third kappa shape index (κ3) is 4.66. The average molecular weight is 522 g/mol. The molecule has 3 amide bonds. The Hall–Kier alpha value is -3.40. The molecule has 0 unspecified atom stereocenters. The maximum atomic E-state index is 13.5. The monoisotopic (exact) mass is 521 g/mol. The van der Waals surface area contributed by atoms with Crippen LogP contribution in [-0.2, 0) is 22.6 Å². The Kier molecular flexibility index (Phi) is 6.59. The van der Waals surface area contributed by atoms with Crippen molar-refractivity contribution in [3.05, 3.63) is 46.8 Å². The topological polar surface area (TPSA) is 108 Å². The van der Waals surface area contributed by atoms with Crippen molar-refractivity contribution in [2.45, 2.75) is 51.2 Å². The van der Waals surface area contributed by atoms with Crippen LogP contribution in [0, 0.1) is 12.8 Å². The highest BCUT2D eigenvalue weighted by atomic mass is 16.5. The number of ether oxygens (including phenoxy) is 1. The van der Waals surface area contributed by atoms with Gasteiger partial charge in [-0.15, -0.1) is 0 Å². The summed E-state index contributed by atoms with van der Waals surface area (Å²) >= 11 is 0. The minimum Gasteiger partial charge on any atom is -0.490 e. The van der Waals surface area contributed by atoms with Gasteiger partial charge in [-0.25, -0.2) is 0 Å². The van der Waals surface area contributed by atoms with Crippen LogP contribution in [0.4, 0.5) is 0 Å². The molecule has 2 aliphatic carbocycles. The Morgan fingerprint density at radius 3 is 2.37 bits per heavy atom. The highest BCUT2D eigenvalue weighted by molar-refractivity contribution is 5.95. The molecular weight excluding hydrogens is 486 g/mol. The van der Waals surface area contributed by atoms with Crippen molar-refractivity contribution < 1.29 is 24.2 Å². The molecule has 1 aromatic heterocycles. The van der Waals surface area contributed by atoms with Crippen molar-refractivity contribution in [2.75, 3.05) is 45.9 Å². The van der Waals surface area contributed by atoms with Gasteiger partial charge in [0.25, 0.3) is 5.91 Å². The van der Waals surface area contributed by atoms with Gasteiger partial charge in [0, 0.05) is 63.4 Å². The number of aromatic nitrogens is 2. The lowest BCUT2D eigenvalue weighted by molar-refractivity contribution is -0.135. The fourth-order valence-corrected chi connectivity index (χ4v) is 6.21. The number of rotatable bonds is 6. The summed E-state index contributed by atoms with van der Waals surface area (Å²) in [5.74, 6) is 1.43. The second kappa shape index (κ2) is 10.1. The molecule has 1 saturated carbocycles. The van der Waals surface area contributed by atoms with Gasteiger partial charge in [-0.2, -0.15) is 5.10 Å². The van der Waals surface area contributed by atoms with Gasteiger partial charge in [0.15, 0.2) is 5.69 Å². The van der Waals surface area contributed by atoms with E-state index in [9.17, 15) is 14.4 Å². The van der Waals surface area contributed by atoms with Crippen LogP contribution in [-0.4, -0.2) is 99.3 Å². The van der Waals surface area contributed by atoms with Gasteiger partial charge in [0.05, 0.1) is 0 Å². The number of aliphatic hydroxyl groups is 1. The second-order valence-corrected chi connectivity index (χ2v) is 11.0. The maximum Gasteiger partial charge on any atom is 0.274 e. The van der Waals surface area contributed by atoms with Gasteiger partial charge >= 0.3 is 0 Å². The number of hydrogen-bond acceptors (Lipinski definition) is 6. The Bertz CT molecular complexity index is 1240.